The van der Waals surface area contributed by atoms with E-state index in [-0.39, 0.29) is 36.0 Å². The Hall–Kier alpha value is -2.84. The van der Waals surface area contributed by atoms with Crippen LogP contribution in [-0.2, 0) is 4.74 Å². The number of carbonyl (C=O) groups is 2. The van der Waals surface area contributed by atoms with Crippen molar-refractivity contribution in [2.24, 2.45) is 0 Å². The number of nitrogens with one attached hydrogen (secondary N) is 2. The number of β-amino-alcohol motifs (C(OH)–C–C–N with tert-alkyl or cyclic N) is 1. The first-order valence-electron chi connectivity index (χ1n) is 9.83. The van der Waals surface area contributed by atoms with E-state index < -0.39 is 12.1 Å². The molecule has 1 amide bonds. The van der Waals surface area contributed by atoms with Crippen LogP contribution in [0.4, 0.5) is 5.69 Å². The summed E-state index contributed by atoms with van der Waals surface area (Å²) in [7, 11) is 0. The first-order chi connectivity index (χ1) is 14.1. The third kappa shape index (κ3) is 6.89. The molecule has 0 saturated heterocycles. The average molecular weight is 418 g/mol. The van der Waals surface area contributed by atoms with Crippen LogP contribution >= 0.6 is 0 Å². The first kappa shape index (κ1) is 23.4. The van der Waals surface area contributed by atoms with Crippen LogP contribution in [-0.4, -0.2) is 48.4 Å². The van der Waals surface area contributed by atoms with Crippen molar-refractivity contribution in [3.8, 4) is 5.75 Å². The number of esters is 1. The lowest BCUT2D eigenvalue weighted by molar-refractivity contribution is 0.0515. The smallest absolute Gasteiger partial charge is 0.341 e. The van der Waals surface area contributed by atoms with E-state index in [1.807, 2.05) is 20.8 Å². The quantitative estimate of drug-likeness (QED) is 0.537. The Bertz CT molecular complexity index is 869. The van der Waals surface area contributed by atoms with Gasteiger partial charge in [-0.25, -0.2) is 4.79 Å². The monoisotopic (exact) mass is 418 g/mol. The predicted octanol–water partition coefficient (Wildman–Crippen LogP) is 3.14. The van der Waals surface area contributed by atoms with E-state index in [9.17, 15) is 14.7 Å². The van der Waals surface area contributed by atoms with Gasteiger partial charge in [0.15, 0.2) is 0 Å². The molecule has 1 heterocycles. The van der Waals surface area contributed by atoms with Crippen molar-refractivity contribution in [1.82, 2.24) is 5.32 Å². The van der Waals surface area contributed by atoms with E-state index in [0.29, 0.717) is 23.6 Å². The molecule has 0 bridgehead atoms. The molecule has 0 aliphatic rings. The van der Waals surface area contributed by atoms with Crippen LogP contribution in [0.15, 0.2) is 34.9 Å². The zero-order valence-electron chi connectivity index (χ0n) is 18.1. The fraction of sp³-hybridized carbons (Fsp3) is 0.455. The number of ether oxygens (including phenoxy) is 2. The summed E-state index contributed by atoms with van der Waals surface area (Å²) in [6.07, 6.45) is 0.674. The molecule has 8 heteroatoms. The Morgan fingerprint density at radius 2 is 1.93 bits per heavy atom. The van der Waals surface area contributed by atoms with Gasteiger partial charge in [0.05, 0.1) is 18.4 Å². The standard InChI is InChI=1S/C22H30N2O6/c1-6-28-21(27)18-11-15(24-20(26)17-9-10-29-14(17)2)7-8-19(18)30-13-16(25)12-23-22(3,4)5/h7-11,16,23,25H,6,12-13H2,1-5H3,(H,24,26). The summed E-state index contributed by atoms with van der Waals surface area (Å²) in [5.41, 5.74) is 0.840. The van der Waals surface area contributed by atoms with E-state index in [0.717, 1.165) is 0 Å². The Morgan fingerprint density at radius 1 is 1.20 bits per heavy atom. The lowest BCUT2D eigenvalue weighted by Gasteiger charge is -2.23. The number of benzene rings is 1. The molecule has 8 nitrogen and oxygen atoms in total. The molecule has 0 aliphatic carbocycles. The van der Waals surface area contributed by atoms with Gasteiger partial charge in [0, 0.05) is 17.8 Å². The molecule has 1 aromatic heterocycles. The third-order valence-corrected chi connectivity index (χ3v) is 4.14. The van der Waals surface area contributed by atoms with Crippen molar-refractivity contribution in [3.05, 3.63) is 47.4 Å². The topological polar surface area (TPSA) is 110 Å². The summed E-state index contributed by atoms with van der Waals surface area (Å²) in [4.78, 5) is 24.8. The van der Waals surface area contributed by atoms with Gasteiger partial charge in [-0.1, -0.05) is 0 Å². The molecule has 0 fully saturated rings. The van der Waals surface area contributed by atoms with E-state index in [1.165, 1.54) is 12.3 Å². The largest absolute Gasteiger partial charge is 0.490 e. The number of aryl methyl sites for hydroxylation is 1. The van der Waals surface area contributed by atoms with Crippen LogP contribution in [0, 0.1) is 6.92 Å². The molecular weight excluding hydrogens is 388 g/mol. The third-order valence-electron chi connectivity index (χ3n) is 4.14. The number of carbonyl (C=O) groups excluding carboxylic acids is 2. The summed E-state index contributed by atoms with van der Waals surface area (Å²) in [5, 5.41) is 16.1. The second kappa shape index (κ2) is 10.3. The lowest BCUT2D eigenvalue weighted by Crippen LogP contribution is -2.42. The molecule has 2 rings (SSSR count). The number of aliphatic hydroxyl groups is 1. The minimum absolute atomic E-state index is 0.00456. The fourth-order valence-electron chi connectivity index (χ4n) is 2.59. The zero-order valence-corrected chi connectivity index (χ0v) is 18.1. The maximum atomic E-state index is 12.4. The Kier molecular flexibility index (Phi) is 8.02. The van der Waals surface area contributed by atoms with Gasteiger partial charge < -0.3 is 29.6 Å². The summed E-state index contributed by atoms with van der Waals surface area (Å²) in [6.45, 7) is 9.92. The first-order valence-corrected chi connectivity index (χ1v) is 9.83. The van der Waals surface area contributed by atoms with Crippen LogP contribution in [0.2, 0.25) is 0 Å². The number of amides is 1. The van der Waals surface area contributed by atoms with Crippen LogP contribution in [0.5, 0.6) is 5.75 Å². The summed E-state index contributed by atoms with van der Waals surface area (Å²) in [6, 6.07) is 6.24. The minimum atomic E-state index is -0.761. The van der Waals surface area contributed by atoms with Gasteiger partial charge in [0.25, 0.3) is 5.91 Å². The zero-order chi connectivity index (χ0) is 22.3. The summed E-state index contributed by atoms with van der Waals surface area (Å²) < 4.78 is 15.9. The van der Waals surface area contributed by atoms with Gasteiger partial charge in [-0.15, -0.1) is 0 Å². The molecule has 1 unspecified atom stereocenters. The molecule has 1 aromatic carbocycles. The van der Waals surface area contributed by atoms with Crippen LogP contribution in [0.1, 0.15) is 54.2 Å². The molecule has 0 spiro atoms. The van der Waals surface area contributed by atoms with E-state index in [2.05, 4.69) is 10.6 Å². The molecule has 2 aromatic rings. The normalized spacial score (nSPS) is 12.3. The second-order valence-corrected chi connectivity index (χ2v) is 7.87. The van der Waals surface area contributed by atoms with Crippen molar-refractivity contribution in [2.45, 2.75) is 46.3 Å². The number of rotatable bonds is 9. The number of hydrogen-bond acceptors (Lipinski definition) is 7. The number of furan rings is 1. The number of anilines is 1. The van der Waals surface area contributed by atoms with Crippen LogP contribution < -0.4 is 15.4 Å². The van der Waals surface area contributed by atoms with Crippen molar-refractivity contribution in [1.29, 1.82) is 0 Å². The molecular formula is C22H30N2O6. The van der Waals surface area contributed by atoms with Crippen LogP contribution in [0.3, 0.4) is 0 Å². The van der Waals surface area contributed by atoms with Gasteiger partial charge in [-0.05, 0) is 58.9 Å². The lowest BCUT2D eigenvalue weighted by atomic mass is 10.1. The van der Waals surface area contributed by atoms with Gasteiger partial charge >= 0.3 is 5.97 Å². The molecule has 1 atom stereocenters. The number of hydrogen-bond donors (Lipinski definition) is 3. The van der Waals surface area contributed by atoms with Gasteiger partial charge in [0.2, 0.25) is 0 Å². The molecule has 0 aliphatic heterocycles. The van der Waals surface area contributed by atoms with Gasteiger partial charge in [-0.2, -0.15) is 0 Å². The van der Waals surface area contributed by atoms with Crippen molar-refractivity contribution in [2.75, 3.05) is 25.1 Å². The molecule has 164 valence electrons. The Labute approximate surface area is 176 Å². The van der Waals surface area contributed by atoms with Gasteiger partial charge in [0.1, 0.15) is 29.8 Å². The average Bonchev–Trinajstić information content (AvgIpc) is 3.11. The van der Waals surface area contributed by atoms with Crippen molar-refractivity contribution in [3.63, 3.8) is 0 Å². The highest BCUT2D eigenvalue weighted by atomic mass is 16.5. The molecule has 0 radical (unpaired) electrons. The van der Waals surface area contributed by atoms with Crippen LogP contribution in [0.25, 0.3) is 0 Å². The fourth-order valence-corrected chi connectivity index (χ4v) is 2.59. The molecule has 30 heavy (non-hydrogen) atoms. The minimum Gasteiger partial charge on any atom is -0.490 e. The highest BCUT2D eigenvalue weighted by Gasteiger charge is 2.19. The molecule has 3 N–H and O–H groups in total. The van der Waals surface area contributed by atoms with Crippen molar-refractivity contribution >= 4 is 17.6 Å². The highest BCUT2D eigenvalue weighted by Crippen LogP contribution is 2.25. The Morgan fingerprint density at radius 3 is 2.53 bits per heavy atom. The van der Waals surface area contributed by atoms with E-state index in [4.69, 9.17) is 13.9 Å². The van der Waals surface area contributed by atoms with Crippen molar-refractivity contribution < 1.29 is 28.6 Å². The number of aliphatic hydroxyl groups excluding tert-OH is 1. The maximum absolute atomic E-state index is 12.4. The maximum Gasteiger partial charge on any atom is 0.341 e. The summed E-state index contributed by atoms with van der Waals surface area (Å²) in [5.74, 6) is -0.171. The highest BCUT2D eigenvalue weighted by molar-refractivity contribution is 6.05. The predicted molar refractivity (Wildman–Crippen MR) is 113 cm³/mol. The second-order valence-electron chi connectivity index (χ2n) is 7.87. The SMILES string of the molecule is CCOC(=O)c1cc(NC(=O)c2ccoc2C)ccc1OCC(O)CNC(C)(C)C. The van der Waals surface area contributed by atoms with E-state index in [1.54, 1.807) is 32.0 Å². The molecule has 0 saturated carbocycles. The van der Waals surface area contributed by atoms with E-state index >= 15 is 0 Å². The Balaban J connectivity index is 2.13. The van der Waals surface area contributed by atoms with Gasteiger partial charge in [-0.3, -0.25) is 4.79 Å². The summed E-state index contributed by atoms with van der Waals surface area (Å²) >= 11 is 0.